The molecule has 4 aromatic rings. The monoisotopic (exact) mass is 595 g/mol. The molecule has 1 aliphatic heterocycles. The summed E-state index contributed by atoms with van der Waals surface area (Å²) in [6.07, 6.45) is -0.305. The van der Waals surface area contributed by atoms with Crippen molar-refractivity contribution in [3.8, 4) is 16.9 Å². The molecule has 0 saturated heterocycles. The molecule has 1 aromatic heterocycles. The maximum absolute atomic E-state index is 13.8. The largest absolute Gasteiger partial charge is 0.486 e. The van der Waals surface area contributed by atoms with Crippen LogP contribution in [0.15, 0.2) is 78.9 Å². The van der Waals surface area contributed by atoms with Gasteiger partial charge in [0.15, 0.2) is 5.75 Å². The minimum absolute atomic E-state index is 0.0625. The molecular formula is C35H41N5O4. The van der Waals surface area contributed by atoms with E-state index in [1.54, 1.807) is 36.2 Å². The first-order valence-corrected chi connectivity index (χ1v) is 15.0. The quantitative estimate of drug-likeness (QED) is 0.283. The van der Waals surface area contributed by atoms with Crippen LogP contribution in [0.5, 0.6) is 5.75 Å². The number of hydrogen-bond donors (Lipinski definition) is 2. The van der Waals surface area contributed by atoms with Gasteiger partial charge in [-0.15, -0.1) is 0 Å². The van der Waals surface area contributed by atoms with Crippen molar-refractivity contribution in [2.45, 2.75) is 39.5 Å². The average molecular weight is 596 g/mol. The SMILES string of the molecule is Cc1cc(C(=O)Nc2cccc3c2O[C@@H](CN(C)Cc2ccc(-c4ccccc4)cc2)[C@H](C)CN([C@@H](C)CO)C3=O)n(C)n1. The Balaban J connectivity index is 1.40. The summed E-state index contributed by atoms with van der Waals surface area (Å²) in [6.45, 7) is 7.28. The van der Waals surface area contributed by atoms with Crippen LogP contribution < -0.4 is 10.1 Å². The third-order valence-electron chi connectivity index (χ3n) is 8.18. The molecule has 3 aromatic carbocycles. The second-order valence-electron chi connectivity index (χ2n) is 11.8. The van der Waals surface area contributed by atoms with Crippen molar-refractivity contribution in [3.63, 3.8) is 0 Å². The van der Waals surface area contributed by atoms with E-state index >= 15 is 0 Å². The lowest BCUT2D eigenvalue weighted by Gasteiger charge is -2.38. The predicted molar refractivity (Wildman–Crippen MR) is 172 cm³/mol. The summed E-state index contributed by atoms with van der Waals surface area (Å²) in [6, 6.07) is 25.4. The third kappa shape index (κ3) is 6.85. The van der Waals surface area contributed by atoms with Gasteiger partial charge in [0, 0.05) is 32.6 Å². The first-order valence-electron chi connectivity index (χ1n) is 15.0. The number of benzene rings is 3. The normalized spacial score (nSPS) is 17.4. The van der Waals surface area contributed by atoms with E-state index in [-0.39, 0.29) is 36.5 Å². The van der Waals surface area contributed by atoms with E-state index in [2.05, 4.69) is 65.7 Å². The lowest BCUT2D eigenvalue weighted by molar-refractivity contribution is 0.0343. The van der Waals surface area contributed by atoms with E-state index in [1.807, 2.05) is 32.0 Å². The fourth-order valence-corrected chi connectivity index (χ4v) is 5.69. The summed E-state index contributed by atoms with van der Waals surface area (Å²) in [4.78, 5) is 31.0. The highest BCUT2D eigenvalue weighted by Crippen LogP contribution is 2.35. The molecule has 0 unspecified atom stereocenters. The Bertz CT molecular complexity index is 1600. The zero-order valence-electron chi connectivity index (χ0n) is 26.0. The van der Waals surface area contributed by atoms with Crippen LogP contribution in [0.1, 0.15) is 46.0 Å². The predicted octanol–water partition coefficient (Wildman–Crippen LogP) is 5.00. The van der Waals surface area contributed by atoms with Gasteiger partial charge < -0.3 is 20.1 Å². The molecule has 230 valence electrons. The summed E-state index contributed by atoms with van der Waals surface area (Å²) in [5, 5.41) is 17.2. The number of nitrogens with zero attached hydrogens (tertiary/aromatic N) is 4. The average Bonchev–Trinajstić information content (AvgIpc) is 3.37. The molecule has 2 heterocycles. The van der Waals surface area contributed by atoms with E-state index < -0.39 is 0 Å². The van der Waals surface area contributed by atoms with Crippen LogP contribution in [0.3, 0.4) is 0 Å². The van der Waals surface area contributed by atoms with Crippen LogP contribution >= 0.6 is 0 Å². The van der Waals surface area contributed by atoms with Gasteiger partial charge >= 0.3 is 0 Å². The zero-order chi connectivity index (χ0) is 31.4. The van der Waals surface area contributed by atoms with Gasteiger partial charge in [-0.2, -0.15) is 5.10 Å². The molecule has 9 nitrogen and oxygen atoms in total. The molecule has 2 N–H and O–H groups in total. The van der Waals surface area contributed by atoms with E-state index in [4.69, 9.17) is 4.74 Å². The molecule has 0 aliphatic carbocycles. The number of hydrogen-bond acceptors (Lipinski definition) is 6. The van der Waals surface area contributed by atoms with Gasteiger partial charge in [-0.05, 0) is 55.8 Å². The second-order valence-corrected chi connectivity index (χ2v) is 11.8. The maximum atomic E-state index is 13.8. The number of anilines is 1. The van der Waals surface area contributed by atoms with Crippen LogP contribution in [0.4, 0.5) is 5.69 Å². The molecule has 0 fully saturated rings. The lowest BCUT2D eigenvalue weighted by Crippen LogP contribution is -2.49. The minimum atomic E-state index is -0.381. The Labute approximate surface area is 259 Å². The van der Waals surface area contributed by atoms with Crippen molar-refractivity contribution in [2.75, 3.05) is 32.1 Å². The van der Waals surface area contributed by atoms with E-state index in [0.717, 1.165) is 5.69 Å². The Morgan fingerprint density at radius 3 is 2.45 bits per heavy atom. The Kier molecular flexibility index (Phi) is 9.46. The summed E-state index contributed by atoms with van der Waals surface area (Å²) in [7, 11) is 3.77. The number of aryl methyl sites for hydroxylation is 2. The standard InChI is InChI=1S/C35H41N5O4/c1-23-19-40(25(3)22-41)35(43)29-12-9-13-30(36-34(42)31-18-24(2)37-39(31)5)33(29)44-32(23)21-38(4)20-26-14-16-28(17-15-26)27-10-7-6-8-11-27/h6-18,23,25,32,41H,19-22H2,1-5H3,(H,36,42)/t23-,25+,32+/m1/s1. The number of carbonyl (C=O) groups excluding carboxylic acids is 2. The summed E-state index contributed by atoms with van der Waals surface area (Å²) in [5.74, 6) is -0.323. The number of fused-ring (bicyclic) bond motifs is 1. The summed E-state index contributed by atoms with van der Waals surface area (Å²) < 4.78 is 8.21. The molecular weight excluding hydrogens is 554 g/mol. The molecule has 5 rings (SSSR count). The molecule has 9 heteroatoms. The smallest absolute Gasteiger partial charge is 0.274 e. The topological polar surface area (TPSA) is 99.9 Å². The van der Waals surface area contributed by atoms with Gasteiger partial charge in [0.25, 0.3) is 11.8 Å². The van der Waals surface area contributed by atoms with Crippen molar-refractivity contribution < 1.29 is 19.4 Å². The van der Waals surface area contributed by atoms with Crippen molar-refractivity contribution in [2.24, 2.45) is 13.0 Å². The van der Waals surface area contributed by atoms with Gasteiger partial charge in [0.1, 0.15) is 11.8 Å². The number of likely N-dealkylation sites (N-methyl/N-ethyl adjacent to an activating group) is 1. The molecule has 1 aliphatic rings. The molecule has 0 radical (unpaired) electrons. The van der Waals surface area contributed by atoms with E-state index in [0.29, 0.717) is 42.3 Å². The molecule has 0 spiro atoms. The highest BCUT2D eigenvalue weighted by Gasteiger charge is 2.34. The van der Waals surface area contributed by atoms with Crippen molar-refractivity contribution >= 4 is 17.5 Å². The molecule has 2 amide bonds. The Hall–Kier alpha value is -4.47. The van der Waals surface area contributed by atoms with Crippen molar-refractivity contribution in [1.29, 1.82) is 0 Å². The van der Waals surface area contributed by atoms with Gasteiger partial charge in [-0.3, -0.25) is 19.2 Å². The van der Waals surface area contributed by atoms with Crippen LogP contribution in [-0.4, -0.2) is 75.4 Å². The summed E-state index contributed by atoms with van der Waals surface area (Å²) >= 11 is 0. The first-order chi connectivity index (χ1) is 21.1. The number of ether oxygens (including phenoxy) is 1. The number of nitrogens with one attached hydrogen (secondary N) is 1. The fourth-order valence-electron chi connectivity index (χ4n) is 5.69. The Morgan fingerprint density at radius 1 is 1.09 bits per heavy atom. The molecule has 3 atom stereocenters. The van der Waals surface area contributed by atoms with Gasteiger partial charge in [-0.1, -0.05) is 67.6 Å². The van der Waals surface area contributed by atoms with E-state index in [1.165, 1.54) is 21.4 Å². The maximum Gasteiger partial charge on any atom is 0.274 e. The third-order valence-corrected chi connectivity index (χ3v) is 8.18. The van der Waals surface area contributed by atoms with Crippen LogP contribution in [-0.2, 0) is 13.6 Å². The van der Waals surface area contributed by atoms with Crippen LogP contribution in [0.25, 0.3) is 11.1 Å². The minimum Gasteiger partial charge on any atom is -0.486 e. The lowest BCUT2D eigenvalue weighted by atomic mass is 9.98. The molecule has 0 saturated carbocycles. The number of aromatic nitrogens is 2. The zero-order valence-corrected chi connectivity index (χ0v) is 26.0. The van der Waals surface area contributed by atoms with Crippen LogP contribution in [0.2, 0.25) is 0 Å². The highest BCUT2D eigenvalue weighted by molar-refractivity contribution is 6.06. The molecule has 44 heavy (non-hydrogen) atoms. The van der Waals surface area contributed by atoms with Crippen molar-refractivity contribution in [1.82, 2.24) is 19.6 Å². The van der Waals surface area contributed by atoms with Gasteiger partial charge in [0.05, 0.1) is 29.6 Å². The summed E-state index contributed by atoms with van der Waals surface area (Å²) in [5.41, 5.74) is 5.42. The van der Waals surface area contributed by atoms with Crippen LogP contribution in [0, 0.1) is 12.8 Å². The van der Waals surface area contributed by atoms with Crippen molar-refractivity contribution in [3.05, 3.63) is 101 Å². The number of amides is 2. The van der Waals surface area contributed by atoms with E-state index in [9.17, 15) is 14.7 Å². The molecule has 0 bridgehead atoms. The number of para-hydroxylation sites is 1. The van der Waals surface area contributed by atoms with Gasteiger partial charge in [-0.25, -0.2) is 0 Å². The number of aliphatic hydroxyl groups excluding tert-OH is 1. The highest BCUT2D eigenvalue weighted by atomic mass is 16.5. The number of carbonyl (C=O) groups is 2. The number of rotatable bonds is 9. The second kappa shape index (κ2) is 13.4. The Morgan fingerprint density at radius 2 is 1.80 bits per heavy atom. The first kappa shape index (κ1) is 31.0. The fraction of sp³-hybridized carbons (Fsp3) is 0.343. The van der Waals surface area contributed by atoms with Gasteiger partial charge in [0.2, 0.25) is 0 Å². The number of aliphatic hydroxyl groups is 1.